The molecule has 16 heavy (non-hydrogen) atoms. The number of halogens is 1. The van der Waals surface area contributed by atoms with Crippen LogP contribution in [0.2, 0.25) is 0 Å². The fourth-order valence-corrected chi connectivity index (χ4v) is 2.34. The number of hydrogen-bond donors (Lipinski definition) is 0. The van der Waals surface area contributed by atoms with Crippen molar-refractivity contribution in [1.82, 2.24) is 4.90 Å². The lowest BCUT2D eigenvalue weighted by molar-refractivity contribution is 0.240. The number of rotatable bonds is 2. The van der Waals surface area contributed by atoms with Crippen LogP contribution in [0.5, 0.6) is 0 Å². The molecule has 0 N–H and O–H groups in total. The number of anilines is 1. The summed E-state index contributed by atoms with van der Waals surface area (Å²) >= 11 is 0. The topological polar surface area (TPSA) is 6.48 Å². The Bertz CT molecular complexity index is 336. The van der Waals surface area contributed by atoms with Crippen LogP contribution in [-0.2, 0) is 0 Å². The van der Waals surface area contributed by atoms with Crippen LogP contribution < -0.4 is 4.90 Å². The lowest BCUT2D eigenvalue weighted by atomic mass is 10.1. The minimum absolute atomic E-state index is 0.163. The van der Waals surface area contributed by atoms with Gasteiger partial charge >= 0.3 is 0 Å². The second kappa shape index (κ2) is 4.83. The zero-order valence-electron chi connectivity index (χ0n) is 9.99. The van der Waals surface area contributed by atoms with Gasteiger partial charge in [0.15, 0.2) is 0 Å². The van der Waals surface area contributed by atoms with Crippen molar-refractivity contribution in [3.8, 4) is 0 Å². The molecular formula is C13H19FN2. The smallest absolute Gasteiger partial charge is 0.123 e. The number of likely N-dealkylation sites (N-methyl/N-ethyl adjacent to an activating group) is 1. The van der Waals surface area contributed by atoms with Gasteiger partial charge in [-0.25, -0.2) is 4.39 Å². The Hall–Kier alpha value is -1.09. The number of benzene rings is 1. The Labute approximate surface area is 96.7 Å². The highest BCUT2D eigenvalue weighted by Crippen LogP contribution is 2.20. The molecule has 1 aromatic rings. The molecule has 1 fully saturated rings. The zero-order valence-corrected chi connectivity index (χ0v) is 9.99. The Balaban J connectivity index is 2.08. The summed E-state index contributed by atoms with van der Waals surface area (Å²) in [6.45, 7) is 8.75. The van der Waals surface area contributed by atoms with E-state index < -0.39 is 0 Å². The summed E-state index contributed by atoms with van der Waals surface area (Å²) in [6, 6.07) is 7.31. The van der Waals surface area contributed by atoms with Gasteiger partial charge in [-0.15, -0.1) is 0 Å². The molecule has 2 rings (SSSR count). The maximum atomic E-state index is 12.8. The molecule has 0 spiro atoms. The standard InChI is InChI=1S/C13H19FN2/c1-3-15-8-9-16(11(2)10-15)13-6-4-12(14)5-7-13/h4-7,11H,3,8-10H2,1-2H3/t11-/m0/s1. The first-order valence-corrected chi connectivity index (χ1v) is 5.95. The minimum Gasteiger partial charge on any atom is -0.366 e. The van der Waals surface area contributed by atoms with Crippen LogP contribution in [-0.4, -0.2) is 37.1 Å². The van der Waals surface area contributed by atoms with Crippen LogP contribution in [0.25, 0.3) is 0 Å². The fraction of sp³-hybridized carbons (Fsp3) is 0.538. The van der Waals surface area contributed by atoms with Gasteiger partial charge in [-0.3, -0.25) is 4.90 Å². The third-order valence-corrected chi connectivity index (χ3v) is 3.32. The van der Waals surface area contributed by atoms with E-state index >= 15 is 0 Å². The minimum atomic E-state index is -0.163. The normalized spacial score (nSPS) is 22.4. The first-order valence-electron chi connectivity index (χ1n) is 5.95. The third kappa shape index (κ3) is 2.35. The van der Waals surface area contributed by atoms with Crippen LogP contribution in [0.15, 0.2) is 24.3 Å². The molecule has 1 aliphatic rings. The summed E-state index contributed by atoms with van der Waals surface area (Å²) in [4.78, 5) is 4.80. The molecule has 0 unspecified atom stereocenters. The van der Waals surface area contributed by atoms with E-state index in [9.17, 15) is 4.39 Å². The second-order valence-electron chi connectivity index (χ2n) is 4.41. The summed E-state index contributed by atoms with van der Waals surface area (Å²) in [5, 5.41) is 0. The SMILES string of the molecule is CCN1CCN(c2ccc(F)cc2)[C@@H](C)C1. The van der Waals surface area contributed by atoms with Crippen LogP contribution in [0.3, 0.4) is 0 Å². The Kier molecular flexibility index (Phi) is 3.44. The molecule has 0 bridgehead atoms. The number of piperazine rings is 1. The van der Waals surface area contributed by atoms with E-state index in [2.05, 4.69) is 23.6 Å². The van der Waals surface area contributed by atoms with Crippen LogP contribution in [0.4, 0.5) is 10.1 Å². The van der Waals surface area contributed by atoms with Gasteiger partial charge in [0.05, 0.1) is 0 Å². The molecule has 1 aromatic carbocycles. The Morgan fingerprint density at radius 2 is 1.94 bits per heavy atom. The molecule has 0 radical (unpaired) electrons. The summed E-state index contributed by atoms with van der Waals surface area (Å²) in [5.41, 5.74) is 1.13. The Morgan fingerprint density at radius 3 is 2.50 bits per heavy atom. The van der Waals surface area contributed by atoms with Crippen molar-refractivity contribution in [2.24, 2.45) is 0 Å². The second-order valence-corrected chi connectivity index (χ2v) is 4.41. The molecule has 0 aliphatic carbocycles. The highest BCUT2D eigenvalue weighted by Gasteiger charge is 2.22. The molecule has 88 valence electrons. The van der Waals surface area contributed by atoms with E-state index in [1.807, 2.05) is 12.1 Å². The summed E-state index contributed by atoms with van der Waals surface area (Å²) < 4.78 is 12.8. The number of hydrogen-bond acceptors (Lipinski definition) is 2. The molecule has 1 saturated heterocycles. The monoisotopic (exact) mass is 222 g/mol. The number of nitrogens with zero attached hydrogens (tertiary/aromatic N) is 2. The molecule has 2 nitrogen and oxygen atoms in total. The van der Waals surface area contributed by atoms with E-state index in [1.165, 1.54) is 12.1 Å². The van der Waals surface area contributed by atoms with E-state index in [1.54, 1.807) is 0 Å². The van der Waals surface area contributed by atoms with Gasteiger partial charge in [-0.05, 0) is 37.7 Å². The molecule has 3 heteroatoms. The van der Waals surface area contributed by atoms with Crippen molar-refractivity contribution in [3.05, 3.63) is 30.1 Å². The highest BCUT2D eigenvalue weighted by atomic mass is 19.1. The van der Waals surface area contributed by atoms with Gasteiger partial charge in [-0.1, -0.05) is 6.92 Å². The van der Waals surface area contributed by atoms with E-state index in [-0.39, 0.29) is 5.82 Å². The summed E-state index contributed by atoms with van der Waals surface area (Å²) in [7, 11) is 0. The van der Waals surface area contributed by atoms with Gasteiger partial charge in [0.2, 0.25) is 0 Å². The van der Waals surface area contributed by atoms with Gasteiger partial charge in [-0.2, -0.15) is 0 Å². The van der Waals surface area contributed by atoms with Gasteiger partial charge in [0, 0.05) is 31.4 Å². The molecule has 1 atom stereocenters. The lowest BCUT2D eigenvalue weighted by Crippen LogP contribution is -2.51. The fourth-order valence-electron chi connectivity index (χ4n) is 2.34. The van der Waals surface area contributed by atoms with Gasteiger partial charge in [0.25, 0.3) is 0 Å². The highest BCUT2D eigenvalue weighted by molar-refractivity contribution is 5.47. The summed E-state index contributed by atoms with van der Waals surface area (Å²) in [6.07, 6.45) is 0. The molecule has 1 heterocycles. The first kappa shape index (κ1) is 11.4. The van der Waals surface area contributed by atoms with Crippen LogP contribution in [0.1, 0.15) is 13.8 Å². The van der Waals surface area contributed by atoms with E-state index in [0.717, 1.165) is 31.9 Å². The average molecular weight is 222 g/mol. The van der Waals surface area contributed by atoms with Crippen LogP contribution >= 0.6 is 0 Å². The predicted molar refractivity (Wildman–Crippen MR) is 65.3 cm³/mol. The van der Waals surface area contributed by atoms with Crippen molar-refractivity contribution >= 4 is 5.69 Å². The molecule has 0 saturated carbocycles. The van der Waals surface area contributed by atoms with Crippen molar-refractivity contribution in [3.63, 3.8) is 0 Å². The largest absolute Gasteiger partial charge is 0.366 e. The molecule has 1 aliphatic heterocycles. The third-order valence-electron chi connectivity index (χ3n) is 3.32. The first-order chi connectivity index (χ1) is 7.70. The maximum absolute atomic E-state index is 12.8. The molecule has 0 aromatic heterocycles. The van der Waals surface area contributed by atoms with Gasteiger partial charge < -0.3 is 4.90 Å². The van der Waals surface area contributed by atoms with Crippen molar-refractivity contribution in [2.75, 3.05) is 31.1 Å². The van der Waals surface area contributed by atoms with Crippen LogP contribution in [0, 0.1) is 5.82 Å². The summed E-state index contributed by atoms with van der Waals surface area (Å²) in [5.74, 6) is -0.163. The molecular weight excluding hydrogens is 203 g/mol. The quantitative estimate of drug-likeness (QED) is 0.758. The van der Waals surface area contributed by atoms with E-state index in [0.29, 0.717) is 6.04 Å². The Morgan fingerprint density at radius 1 is 1.25 bits per heavy atom. The van der Waals surface area contributed by atoms with Gasteiger partial charge in [0.1, 0.15) is 5.82 Å². The average Bonchev–Trinajstić information content (AvgIpc) is 2.30. The van der Waals surface area contributed by atoms with Crippen molar-refractivity contribution in [1.29, 1.82) is 0 Å². The lowest BCUT2D eigenvalue weighted by Gasteiger charge is -2.41. The van der Waals surface area contributed by atoms with E-state index in [4.69, 9.17) is 0 Å². The molecule has 0 amide bonds. The van der Waals surface area contributed by atoms with Crippen molar-refractivity contribution in [2.45, 2.75) is 19.9 Å². The van der Waals surface area contributed by atoms with Crippen molar-refractivity contribution < 1.29 is 4.39 Å². The maximum Gasteiger partial charge on any atom is 0.123 e. The predicted octanol–water partition coefficient (Wildman–Crippen LogP) is 2.36. The zero-order chi connectivity index (χ0) is 11.5.